The molecule has 16 heavy (non-hydrogen) atoms. The first-order valence-corrected chi connectivity index (χ1v) is 6.13. The molecule has 0 N–H and O–H groups in total. The molecule has 0 bridgehead atoms. The monoisotopic (exact) mass is 224 g/mol. The highest BCUT2D eigenvalue weighted by molar-refractivity contribution is 6.00. The van der Waals surface area contributed by atoms with Crippen molar-refractivity contribution < 1.29 is 9.59 Å². The van der Waals surface area contributed by atoms with Crippen LogP contribution in [0, 0.1) is 5.92 Å². The van der Waals surface area contributed by atoms with E-state index in [2.05, 4.69) is 11.9 Å². The highest BCUT2D eigenvalue weighted by Gasteiger charge is 2.27. The third-order valence-electron chi connectivity index (χ3n) is 3.56. The van der Waals surface area contributed by atoms with E-state index >= 15 is 0 Å². The van der Waals surface area contributed by atoms with Gasteiger partial charge in [0.15, 0.2) is 0 Å². The summed E-state index contributed by atoms with van der Waals surface area (Å²) in [5.74, 6) is 0.724. The summed E-state index contributed by atoms with van der Waals surface area (Å²) in [6, 6.07) is 0. The standard InChI is InChI=1S/C12H20N2O2/c1-13-5-2-3-10(8-13)9-14-6-4-11(15)7-12(14)16/h10H,2-9H2,1H3. The summed E-state index contributed by atoms with van der Waals surface area (Å²) in [7, 11) is 2.13. The Morgan fingerprint density at radius 3 is 2.81 bits per heavy atom. The Hall–Kier alpha value is -0.900. The molecule has 2 aliphatic heterocycles. The molecule has 1 unspecified atom stereocenters. The minimum absolute atomic E-state index is 0.0319. The van der Waals surface area contributed by atoms with E-state index in [4.69, 9.17) is 0 Å². The van der Waals surface area contributed by atoms with Gasteiger partial charge in [-0.2, -0.15) is 0 Å². The molecule has 0 aromatic rings. The van der Waals surface area contributed by atoms with E-state index < -0.39 is 0 Å². The normalized spacial score (nSPS) is 28.6. The van der Waals surface area contributed by atoms with Crippen molar-refractivity contribution in [1.82, 2.24) is 9.80 Å². The Morgan fingerprint density at radius 1 is 1.31 bits per heavy atom. The van der Waals surface area contributed by atoms with Gasteiger partial charge in [0.1, 0.15) is 5.78 Å². The molecule has 2 heterocycles. The Labute approximate surface area is 96.6 Å². The molecule has 0 aromatic heterocycles. The van der Waals surface area contributed by atoms with E-state index in [9.17, 15) is 9.59 Å². The predicted octanol–water partition coefficient (Wildman–Crippen LogP) is 0.520. The maximum atomic E-state index is 11.7. The fraction of sp³-hybridized carbons (Fsp3) is 0.833. The van der Waals surface area contributed by atoms with E-state index in [0.717, 1.165) is 13.1 Å². The van der Waals surface area contributed by atoms with Crippen molar-refractivity contribution in [3.8, 4) is 0 Å². The van der Waals surface area contributed by atoms with Crippen LogP contribution in [0.2, 0.25) is 0 Å². The lowest BCUT2D eigenvalue weighted by atomic mass is 9.96. The molecular weight excluding hydrogens is 204 g/mol. The van der Waals surface area contributed by atoms with Crippen LogP contribution >= 0.6 is 0 Å². The van der Waals surface area contributed by atoms with Gasteiger partial charge in [-0.05, 0) is 32.4 Å². The van der Waals surface area contributed by atoms with Crippen LogP contribution in [0.3, 0.4) is 0 Å². The van der Waals surface area contributed by atoms with Gasteiger partial charge >= 0.3 is 0 Å². The van der Waals surface area contributed by atoms with Crippen LogP contribution in [0.5, 0.6) is 0 Å². The van der Waals surface area contributed by atoms with Crippen LogP contribution in [0.25, 0.3) is 0 Å². The first-order valence-electron chi connectivity index (χ1n) is 6.13. The highest BCUT2D eigenvalue weighted by atomic mass is 16.2. The lowest BCUT2D eigenvalue weighted by Gasteiger charge is -2.35. The van der Waals surface area contributed by atoms with Gasteiger partial charge in [-0.15, -0.1) is 0 Å². The predicted molar refractivity (Wildman–Crippen MR) is 61.0 cm³/mol. The molecular formula is C12H20N2O2. The van der Waals surface area contributed by atoms with Gasteiger partial charge in [0, 0.05) is 26.1 Å². The Balaban J connectivity index is 1.84. The van der Waals surface area contributed by atoms with Gasteiger partial charge in [0.2, 0.25) is 5.91 Å². The molecule has 0 aliphatic carbocycles. The van der Waals surface area contributed by atoms with Crippen molar-refractivity contribution in [2.75, 3.05) is 33.2 Å². The fourth-order valence-electron chi connectivity index (χ4n) is 2.68. The number of Topliss-reactive ketones (excluding diaryl/α,β-unsaturated/α-hetero) is 1. The Morgan fingerprint density at radius 2 is 2.12 bits per heavy atom. The molecule has 0 aromatic carbocycles. The molecule has 1 amide bonds. The summed E-state index contributed by atoms with van der Waals surface area (Å²) in [6.07, 6.45) is 3.11. The number of carbonyl (C=O) groups excluding carboxylic acids is 2. The number of hydrogen-bond donors (Lipinski definition) is 0. The number of carbonyl (C=O) groups is 2. The van der Waals surface area contributed by atoms with Crippen LogP contribution in [0.1, 0.15) is 25.7 Å². The van der Waals surface area contributed by atoms with Crippen molar-refractivity contribution in [3.05, 3.63) is 0 Å². The lowest BCUT2D eigenvalue weighted by molar-refractivity contribution is -0.140. The van der Waals surface area contributed by atoms with Gasteiger partial charge in [-0.25, -0.2) is 0 Å². The molecule has 2 fully saturated rings. The molecule has 0 radical (unpaired) electrons. The third kappa shape index (κ3) is 2.82. The molecule has 2 saturated heterocycles. The molecule has 90 valence electrons. The van der Waals surface area contributed by atoms with Crippen molar-refractivity contribution in [2.24, 2.45) is 5.92 Å². The molecule has 4 nitrogen and oxygen atoms in total. The van der Waals surface area contributed by atoms with E-state index in [1.165, 1.54) is 19.4 Å². The first kappa shape index (κ1) is 11.6. The Kier molecular flexibility index (Phi) is 3.59. The summed E-state index contributed by atoms with van der Waals surface area (Å²) in [4.78, 5) is 27.0. The minimum Gasteiger partial charge on any atom is -0.342 e. The summed E-state index contributed by atoms with van der Waals surface area (Å²) in [5.41, 5.74) is 0. The number of rotatable bonds is 2. The zero-order valence-electron chi connectivity index (χ0n) is 9.95. The number of ketones is 1. The summed E-state index contributed by atoms with van der Waals surface area (Å²) in [6.45, 7) is 3.73. The molecule has 0 saturated carbocycles. The zero-order valence-corrected chi connectivity index (χ0v) is 9.95. The molecule has 1 atom stereocenters. The second-order valence-corrected chi connectivity index (χ2v) is 5.08. The van der Waals surface area contributed by atoms with Crippen LogP contribution in [0.15, 0.2) is 0 Å². The highest BCUT2D eigenvalue weighted by Crippen LogP contribution is 2.18. The third-order valence-corrected chi connectivity index (χ3v) is 3.56. The first-order chi connectivity index (χ1) is 7.65. The van der Waals surface area contributed by atoms with Crippen LogP contribution in [-0.2, 0) is 9.59 Å². The minimum atomic E-state index is 0.0319. The maximum Gasteiger partial charge on any atom is 0.230 e. The molecule has 0 spiro atoms. The van der Waals surface area contributed by atoms with Crippen LogP contribution in [0.4, 0.5) is 0 Å². The van der Waals surface area contributed by atoms with Crippen molar-refractivity contribution in [3.63, 3.8) is 0 Å². The van der Waals surface area contributed by atoms with E-state index in [-0.39, 0.29) is 18.1 Å². The largest absolute Gasteiger partial charge is 0.342 e. The lowest BCUT2D eigenvalue weighted by Crippen LogP contribution is -2.45. The van der Waals surface area contributed by atoms with Gasteiger partial charge in [-0.1, -0.05) is 0 Å². The molecule has 2 rings (SSSR count). The summed E-state index contributed by atoms with van der Waals surface area (Å²) < 4.78 is 0. The number of piperidine rings is 2. The fourth-order valence-corrected chi connectivity index (χ4v) is 2.68. The van der Waals surface area contributed by atoms with E-state index in [1.54, 1.807) is 0 Å². The SMILES string of the molecule is CN1CCCC(CN2CCC(=O)CC2=O)C1. The number of likely N-dealkylation sites (tertiary alicyclic amines) is 2. The number of amides is 1. The van der Waals surface area contributed by atoms with Crippen LogP contribution < -0.4 is 0 Å². The van der Waals surface area contributed by atoms with Gasteiger partial charge in [0.25, 0.3) is 0 Å². The topological polar surface area (TPSA) is 40.6 Å². The second kappa shape index (κ2) is 4.95. The van der Waals surface area contributed by atoms with Gasteiger partial charge in [-0.3, -0.25) is 9.59 Å². The summed E-state index contributed by atoms with van der Waals surface area (Å²) in [5, 5.41) is 0. The average molecular weight is 224 g/mol. The Bertz CT molecular complexity index is 291. The second-order valence-electron chi connectivity index (χ2n) is 5.08. The molecule has 2 aliphatic rings. The summed E-state index contributed by atoms with van der Waals surface area (Å²) >= 11 is 0. The van der Waals surface area contributed by atoms with Gasteiger partial charge in [0.05, 0.1) is 6.42 Å². The maximum absolute atomic E-state index is 11.7. The smallest absolute Gasteiger partial charge is 0.230 e. The van der Waals surface area contributed by atoms with Crippen LogP contribution in [-0.4, -0.2) is 54.7 Å². The van der Waals surface area contributed by atoms with Gasteiger partial charge < -0.3 is 9.80 Å². The van der Waals surface area contributed by atoms with Crippen molar-refractivity contribution in [1.29, 1.82) is 0 Å². The number of hydrogen-bond acceptors (Lipinski definition) is 3. The zero-order chi connectivity index (χ0) is 11.5. The molecule has 4 heteroatoms. The van der Waals surface area contributed by atoms with Crippen molar-refractivity contribution >= 4 is 11.7 Å². The number of nitrogens with zero attached hydrogens (tertiary/aromatic N) is 2. The average Bonchev–Trinajstić information content (AvgIpc) is 2.22. The quantitative estimate of drug-likeness (QED) is 0.642. The van der Waals surface area contributed by atoms with E-state index in [1.807, 2.05) is 4.90 Å². The van der Waals surface area contributed by atoms with E-state index in [0.29, 0.717) is 18.9 Å². The van der Waals surface area contributed by atoms with Crippen molar-refractivity contribution in [2.45, 2.75) is 25.7 Å².